The molecule has 0 aromatic carbocycles. The number of carbonyl (C=O) groups excluding carboxylic acids is 1. The number of ether oxygens (including phenoxy) is 1. The molecule has 0 aliphatic carbocycles. The molecular weight excluding hydrogens is 218 g/mol. The zero-order valence-corrected chi connectivity index (χ0v) is 11.4. The molecule has 2 atom stereocenters. The van der Waals surface area contributed by atoms with Crippen molar-refractivity contribution in [2.75, 3.05) is 13.2 Å². The van der Waals surface area contributed by atoms with E-state index in [0.717, 1.165) is 19.3 Å². The molecule has 0 spiro atoms. The number of rotatable bonds is 2. The summed E-state index contributed by atoms with van der Waals surface area (Å²) in [6.45, 7) is 8.59. The van der Waals surface area contributed by atoms with Crippen LogP contribution in [0.4, 0.5) is 4.79 Å². The van der Waals surface area contributed by atoms with Gasteiger partial charge in [0.25, 0.3) is 0 Å². The predicted molar refractivity (Wildman–Crippen MR) is 66.8 cm³/mol. The highest BCUT2D eigenvalue weighted by Gasteiger charge is 2.31. The van der Waals surface area contributed by atoms with Gasteiger partial charge in [-0.05, 0) is 52.9 Å². The molecule has 1 aliphatic rings. The molecule has 0 aromatic heterocycles. The Morgan fingerprint density at radius 2 is 2.06 bits per heavy atom. The second kappa shape index (κ2) is 5.71. The van der Waals surface area contributed by atoms with Crippen LogP contribution < -0.4 is 0 Å². The van der Waals surface area contributed by atoms with Crippen molar-refractivity contribution in [2.45, 2.75) is 58.6 Å². The van der Waals surface area contributed by atoms with E-state index >= 15 is 0 Å². The smallest absolute Gasteiger partial charge is 0.410 e. The number of amides is 1. The molecule has 0 bridgehead atoms. The van der Waals surface area contributed by atoms with Gasteiger partial charge in [0.2, 0.25) is 0 Å². The molecule has 1 aliphatic heterocycles. The number of likely N-dealkylation sites (tertiary alicyclic amines) is 1. The molecule has 4 heteroatoms. The van der Waals surface area contributed by atoms with E-state index in [2.05, 4.69) is 6.92 Å². The quantitative estimate of drug-likeness (QED) is 0.810. The van der Waals surface area contributed by atoms with E-state index in [9.17, 15) is 4.79 Å². The highest BCUT2D eigenvalue weighted by Crippen LogP contribution is 2.25. The molecule has 1 rings (SSSR count). The van der Waals surface area contributed by atoms with E-state index in [1.165, 1.54) is 0 Å². The molecular formula is C13H25NO3. The van der Waals surface area contributed by atoms with Crippen LogP contribution in [0.25, 0.3) is 0 Å². The van der Waals surface area contributed by atoms with Crippen LogP contribution in [-0.4, -0.2) is 40.9 Å². The molecule has 0 radical (unpaired) electrons. The van der Waals surface area contributed by atoms with Crippen LogP contribution in [0.1, 0.15) is 47.0 Å². The molecule has 100 valence electrons. The van der Waals surface area contributed by atoms with Crippen molar-refractivity contribution in [3.8, 4) is 0 Å². The summed E-state index contributed by atoms with van der Waals surface area (Å²) in [5.74, 6) is 0.406. The van der Waals surface area contributed by atoms with Crippen LogP contribution in [0.2, 0.25) is 0 Å². The lowest BCUT2D eigenvalue weighted by Gasteiger charge is -2.38. The molecule has 0 saturated carbocycles. The SMILES string of the molecule is C[C@H]1CC[C@@H](CCO)CN1C(=O)OC(C)(C)C. The Kier molecular flexibility index (Phi) is 4.80. The summed E-state index contributed by atoms with van der Waals surface area (Å²) in [4.78, 5) is 13.8. The standard InChI is InChI=1S/C13H25NO3/c1-10-5-6-11(7-8-15)9-14(10)12(16)17-13(2,3)4/h10-11,15H,5-9H2,1-4H3/t10-,11-/m0/s1. The average Bonchev–Trinajstić information content (AvgIpc) is 2.18. The van der Waals surface area contributed by atoms with E-state index in [0.29, 0.717) is 12.5 Å². The maximum Gasteiger partial charge on any atom is 0.410 e. The van der Waals surface area contributed by atoms with Crippen molar-refractivity contribution in [3.05, 3.63) is 0 Å². The molecule has 1 saturated heterocycles. The molecule has 1 amide bonds. The Bertz CT molecular complexity index is 260. The van der Waals surface area contributed by atoms with Crippen molar-refractivity contribution in [2.24, 2.45) is 5.92 Å². The van der Waals surface area contributed by atoms with E-state index in [-0.39, 0.29) is 18.7 Å². The van der Waals surface area contributed by atoms with Crippen molar-refractivity contribution in [1.29, 1.82) is 0 Å². The molecule has 4 nitrogen and oxygen atoms in total. The van der Waals surface area contributed by atoms with Gasteiger partial charge in [-0.25, -0.2) is 4.79 Å². The number of aliphatic hydroxyl groups excluding tert-OH is 1. The van der Waals surface area contributed by atoms with Crippen molar-refractivity contribution < 1.29 is 14.6 Å². The van der Waals surface area contributed by atoms with Gasteiger partial charge in [-0.2, -0.15) is 0 Å². The summed E-state index contributed by atoms with van der Waals surface area (Å²) in [6, 6.07) is 0.236. The second-order valence-electron chi connectivity index (χ2n) is 5.94. The fourth-order valence-electron chi connectivity index (χ4n) is 2.18. The van der Waals surface area contributed by atoms with Crippen LogP contribution in [0.5, 0.6) is 0 Å². The third kappa shape index (κ3) is 4.54. The first-order valence-electron chi connectivity index (χ1n) is 6.44. The van der Waals surface area contributed by atoms with Gasteiger partial charge in [0.15, 0.2) is 0 Å². The Balaban J connectivity index is 2.57. The third-order valence-electron chi connectivity index (χ3n) is 3.14. The van der Waals surface area contributed by atoms with E-state index in [4.69, 9.17) is 9.84 Å². The lowest BCUT2D eigenvalue weighted by atomic mass is 9.91. The second-order valence-corrected chi connectivity index (χ2v) is 5.94. The zero-order valence-electron chi connectivity index (χ0n) is 11.4. The van der Waals surface area contributed by atoms with Gasteiger partial charge >= 0.3 is 6.09 Å². The highest BCUT2D eigenvalue weighted by molar-refractivity contribution is 5.68. The first-order chi connectivity index (χ1) is 7.83. The normalized spacial score (nSPS) is 25.8. The van der Waals surface area contributed by atoms with Gasteiger partial charge in [-0.1, -0.05) is 0 Å². The van der Waals surface area contributed by atoms with Crippen LogP contribution in [0.15, 0.2) is 0 Å². The number of piperidine rings is 1. The average molecular weight is 243 g/mol. The van der Waals surface area contributed by atoms with Gasteiger partial charge in [-0.15, -0.1) is 0 Å². The summed E-state index contributed by atoms with van der Waals surface area (Å²) in [5, 5.41) is 8.96. The minimum atomic E-state index is -0.444. The van der Waals surface area contributed by atoms with E-state index in [1.807, 2.05) is 20.8 Å². The number of nitrogens with zero attached hydrogens (tertiary/aromatic N) is 1. The Hall–Kier alpha value is -0.770. The predicted octanol–water partition coefficient (Wildman–Crippen LogP) is 2.40. The number of hydrogen-bond donors (Lipinski definition) is 1. The van der Waals surface area contributed by atoms with Crippen molar-refractivity contribution >= 4 is 6.09 Å². The Morgan fingerprint density at radius 1 is 1.41 bits per heavy atom. The lowest BCUT2D eigenvalue weighted by molar-refractivity contribution is 0.00371. The molecule has 1 heterocycles. The van der Waals surface area contributed by atoms with Crippen LogP contribution >= 0.6 is 0 Å². The molecule has 1 N–H and O–H groups in total. The summed E-state index contributed by atoms with van der Waals surface area (Å²) in [6.07, 6.45) is 2.62. The monoisotopic (exact) mass is 243 g/mol. The minimum Gasteiger partial charge on any atom is -0.444 e. The Labute approximate surface area is 104 Å². The van der Waals surface area contributed by atoms with E-state index < -0.39 is 5.60 Å². The maximum absolute atomic E-state index is 12.0. The van der Waals surface area contributed by atoms with Gasteiger partial charge in [-0.3, -0.25) is 0 Å². The van der Waals surface area contributed by atoms with Crippen LogP contribution in [-0.2, 0) is 4.74 Å². The number of carbonyl (C=O) groups is 1. The van der Waals surface area contributed by atoms with Crippen molar-refractivity contribution in [1.82, 2.24) is 4.90 Å². The fourth-order valence-corrected chi connectivity index (χ4v) is 2.18. The van der Waals surface area contributed by atoms with Gasteiger partial charge in [0.05, 0.1) is 0 Å². The van der Waals surface area contributed by atoms with Gasteiger partial charge in [0.1, 0.15) is 5.60 Å². The first kappa shape index (κ1) is 14.3. The minimum absolute atomic E-state index is 0.196. The summed E-state index contributed by atoms with van der Waals surface area (Å²) >= 11 is 0. The Morgan fingerprint density at radius 3 is 2.59 bits per heavy atom. The van der Waals surface area contributed by atoms with Gasteiger partial charge < -0.3 is 14.7 Å². The molecule has 0 aromatic rings. The largest absolute Gasteiger partial charge is 0.444 e. The fraction of sp³-hybridized carbons (Fsp3) is 0.923. The summed E-state index contributed by atoms with van der Waals surface area (Å²) in [7, 11) is 0. The lowest BCUT2D eigenvalue weighted by Crippen LogP contribution is -2.47. The maximum atomic E-state index is 12.0. The molecule has 0 unspecified atom stereocenters. The topological polar surface area (TPSA) is 49.8 Å². The molecule has 1 fully saturated rings. The van der Waals surface area contributed by atoms with Crippen molar-refractivity contribution in [3.63, 3.8) is 0 Å². The summed E-state index contributed by atoms with van der Waals surface area (Å²) < 4.78 is 5.40. The number of aliphatic hydroxyl groups is 1. The van der Waals surface area contributed by atoms with E-state index in [1.54, 1.807) is 4.90 Å². The van der Waals surface area contributed by atoms with Crippen LogP contribution in [0.3, 0.4) is 0 Å². The van der Waals surface area contributed by atoms with Gasteiger partial charge in [0, 0.05) is 19.2 Å². The zero-order chi connectivity index (χ0) is 13.1. The third-order valence-corrected chi connectivity index (χ3v) is 3.14. The molecule has 17 heavy (non-hydrogen) atoms. The first-order valence-corrected chi connectivity index (χ1v) is 6.44. The van der Waals surface area contributed by atoms with Crippen LogP contribution in [0, 0.1) is 5.92 Å². The highest BCUT2D eigenvalue weighted by atomic mass is 16.6. The number of hydrogen-bond acceptors (Lipinski definition) is 3. The summed E-state index contributed by atoms with van der Waals surface area (Å²) in [5.41, 5.74) is -0.444.